The average molecular weight is 455 g/mol. The van der Waals surface area contributed by atoms with Gasteiger partial charge in [-0.15, -0.1) is 0 Å². The summed E-state index contributed by atoms with van der Waals surface area (Å²) in [6.07, 6.45) is 1.49. The van der Waals surface area contributed by atoms with Crippen LogP contribution < -0.4 is 4.90 Å². The Morgan fingerprint density at radius 1 is 1.10 bits per heavy atom. The van der Waals surface area contributed by atoms with Crippen LogP contribution in [0, 0.1) is 24.0 Å². The van der Waals surface area contributed by atoms with E-state index in [9.17, 15) is 19.7 Å². The summed E-state index contributed by atoms with van der Waals surface area (Å²) >= 11 is 6.68. The average Bonchev–Trinajstić information content (AvgIpc) is 3.29. The fraction of sp³-hybridized carbons (Fsp3) is 0.0909. The minimum atomic E-state index is -0.461. The highest BCUT2D eigenvalue weighted by molar-refractivity contribution is 8.19. The first-order valence-corrected chi connectivity index (χ1v) is 10.3. The fourth-order valence-electron chi connectivity index (χ4n) is 3.17. The van der Waals surface area contributed by atoms with Crippen LogP contribution in [0.4, 0.5) is 16.2 Å². The molecular formula is C22H15ClN2O5S. The van der Waals surface area contributed by atoms with E-state index < -0.39 is 16.1 Å². The molecule has 0 unspecified atom stereocenters. The quantitative estimate of drug-likeness (QED) is 0.258. The van der Waals surface area contributed by atoms with Crippen LogP contribution in [0.25, 0.3) is 17.4 Å². The lowest BCUT2D eigenvalue weighted by molar-refractivity contribution is -0.385. The number of aryl methyl sites for hydroxylation is 1. The highest BCUT2D eigenvalue weighted by atomic mass is 35.5. The van der Waals surface area contributed by atoms with Crippen molar-refractivity contribution in [3.05, 3.63) is 85.5 Å². The van der Waals surface area contributed by atoms with Crippen LogP contribution in [0.3, 0.4) is 0 Å². The first-order valence-electron chi connectivity index (χ1n) is 9.14. The van der Waals surface area contributed by atoms with Crippen molar-refractivity contribution in [2.45, 2.75) is 13.8 Å². The molecule has 1 fully saturated rings. The van der Waals surface area contributed by atoms with Crippen molar-refractivity contribution >= 4 is 52.0 Å². The van der Waals surface area contributed by atoms with E-state index in [0.29, 0.717) is 33.4 Å². The Bertz CT molecular complexity index is 1260. The third-order valence-corrected chi connectivity index (χ3v) is 6.02. The van der Waals surface area contributed by atoms with E-state index in [4.69, 9.17) is 16.0 Å². The zero-order valence-corrected chi connectivity index (χ0v) is 18.0. The number of furan rings is 1. The number of amides is 2. The molecule has 1 aliphatic rings. The van der Waals surface area contributed by atoms with Gasteiger partial charge in [-0.2, -0.15) is 0 Å². The minimum Gasteiger partial charge on any atom is -0.457 e. The zero-order chi connectivity index (χ0) is 22.3. The van der Waals surface area contributed by atoms with E-state index in [1.54, 1.807) is 56.3 Å². The number of nitrogens with zero attached hydrogens (tertiary/aromatic N) is 2. The molecular weight excluding hydrogens is 440 g/mol. The van der Waals surface area contributed by atoms with Crippen molar-refractivity contribution < 1.29 is 18.9 Å². The highest BCUT2D eigenvalue weighted by Crippen LogP contribution is 2.37. The smallest absolute Gasteiger partial charge is 0.298 e. The summed E-state index contributed by atoms with van der Waals surface area (Å²) in [4.78, 5) is 37.3. The maximum atomic E-state index is 12.8. The van der Waals surface area contributed by atoms with Gasteiger partial charge in [0.15, 0.2) is 0 Å². The van der Waals surface area contributed by atoms with Crippen molar-refractivity contribution in [2.75, 3.05) is 4.90 Å². The minimum absolute atomic E-state index is 0.0111. The Balaban J connectivity index is 1.63. The van der Waals surface area contributed by atoms with Crippen LogP contribution in [0.5, 0.6) is 0 Å². The zero-order valence-electron chi connectivity index (χ0n) is 16.4. The number of hydrogen-bond acceptors (Lipinski definition) is 6. The molecule has 0 radical (unpaired) electrons. The number of carbonyl (C=O) groups excluding carboxylic acids is 2. The molecule has 4 rings (SSSR count). The number of nitro groups is 1. The normalized spacial score (nSPS) is 15.2. The third kappa shape index (κ3) is 3.99. The van der Waals surface area contributed by atoms with Crippen LogP contribution in [0.1, 0.15) is 16.9 Å². The van der Waals surface area contributed by atoms with Crippen LogP contribution in [-0.2, 0) is 4.79 Å². The Kier molecular flexibility index (Phi) is 5.43. The van der Waals surface area contributed by atoms with E-state index in [1.807, 2.05) is 0 Å². The summed E-state index contributed by atoms with van der Waals surface area (Å²) in [7, 11) is 0. The second kappa shape index (κ2) is 8.05. The molecule has 0 N–H and O–H groups in total. The summed E-state index contributed by atoms with van der Waals surface area (Å²) in [5.41, 5.74) is 2.36. The molecule has 0 aliphatic carbocycles. The van der Waals surface area contributed by atoms with Crippen LogP contribution in [0.2, 0.25) is 5.02 Å². The first-order chi connectivity index (χ1) is 14.7. The summed E-state index contributed by atoms with van der Waals surface area (Å²) in [5, 5.41) is 11.4. The van der Waals surface area contributed by atoms with Crippen LogP contribution in [-0.4, -0.2) is 16.1 Å². The van der Waals surface area contributed by atoms with Gasteiger partial charge >= 0.3 is 0 Å². The largest absolute Gasteiger partial charge is 0.457 e. The van der Waals surface area contributed by atoms with Gasteiger partial charge in [0, 0.05) is 28.3 Å². The van der Waals surface area contributed by atoms with E-state index in [0.717, 1.165) is 22.2 Å². The summed E-state index contributed by atoms with van der Waals surface area (Å²) < 4.78 is 5.79. The number of anilines is 1. The molecule has 0 atom stereocenters. The van der Waals surface area contributed by atoms with Crippen molar-refractivity contribution in [1.82, 2.24) is 0 Å². The topological polar surface area (TPSA) is 93.7 Å². The molecule has 2 aromatic carbocycles. The second-order valence-corrected chi connectivity index (χ2v) is 8.32. The van der Waals surface area contributed by atoms with Gasteiger partial charge in [0.05, 0.1) is 15.5 Å². The predicted octanol–water partition coefficient (Wildman–Crippen LogP) is 6.37. The van der Waals surface area contributed by atoms with Crippen LogP contribution in [0.15, 0.2) is 57.9 Å². The number of rotatable bonds is 4. The van der Waals surface area contributed by atoms with Crippen molar-refractivity contribution in [2.24, 2.45) is 0 Å². The Morgan fingerprint density at radius 3 is 2.48 bits per heavy atom. The van der Waals surface area contributed by atoms with Gasteiger partial charge in [-0.05, 0) is 73.6 Å². The monoisotopic (exact) mass is 454 g/mol. The summed E-state index contributed by atoms with van der Waals surface area (Å²) in [6.45, 7) is 3.49. The van der Waals surface area contributed by atoms with Gasteiger partial charge in [0.25, 0.3) is 16.8 Å². The lowest BCUT2D eigenvalue weighted by Gasteiger charge is -2.11. The fourth-order valence-corrected chi connectivity index (χ4v) is 4.12. The molecule has 2 heterocycles. The number of halogens is 1. The molecule has 3 aromatic rings. The second-order valence-electron chi connectivity index (χ2n) is 6.89. The van der Waals surface area contributed by atoms with E-state index in [2.05, 4.69) is 0 Å². The van der Waals surface area contributed by atoms with Crippen molar-refractivity contribution in [3.63, 3.8) is 0 Å². The molecule has 7 nitrogen and oxygen atoms in total. The lowest BCUT2D eigenvalue weighted by atomic mass is 10.0. The molecule has 2 amide bonds. The lowest BCUT2D eigenvalue weighted by Crippen LogP contribution is -2.27. The van der Waals surface area contributed by atoms with Gasteiger partial charge < -0.3 is 4.42 Å². The van der Waals surface area contributed by atoms with Crippen LogP contribution >= 0.6 is 23.4 Å². The third-order valence-electron chi connectivity index (χ3n) is 4.90. The molecule has 1 aliphatic heterocycles. The molecule has 156 valence electrons. The predicted molar refractivity (Wildman–Crippen MR) is 120 cm³/mol. The molecule has 0 saturated carbocycles. The maximum absolute atomic E-state index is 12.8. The summed E-state index contributed by atoms with van der Waals surface area (Å²) in [6, 6.07) is 13.0. The molecule has 31 heavy (non-hydrogen) atoms. The van der Waals surface area contributed by atoms with Crippen molar-refractivity contribution in [3.8, 4) is 11.3 Å². The maximum Gasteiger partial charge on any atom is 0.298 e. The van der Waals surface area contributed by atoms with Gasteiger partial charge in [-0.1, -0.05) is 11.6 Å². The molecule has 9 heteroatoms. The molecule has 0 bridgehead atoms. The Hall–Kier alpha value is -3.36. The number of benzene rings is 2. The SMILES string of the molecule is Cc1cc(-c2ccc(/C=C3\SC(=O)N(c4ccc(Cl)cc4)C3=O)o2)cc([N+](=O)[O-])c1C. The van der Waals surface area contributed by atoms with Gasteiger partial charge in [-0.25, -0.2) is 4.90 Å². The van der Waals surface area contributed by atoms with Crippen molar-refractivity contribution in [1.29, 1.82) is 0 Å². The number of hydrogen-bond donors (Lipinski definition) is 0. The Morgan fingerprint density at radius 2 is 1.81 bits per heavy atom. The van der Waals surface area contributed by atoms with E-state index in [-0.39, 0.29) is 10.6 Å². The standard InChI is InChI=1S/C22H15ClN2O5S/c1-12-9-14(10-18(13(12)2)25(28)29)19-8-7-17(30-19)11-20-21(26)24(22(27)31-20)16-5-3-15(23)4-6-16/h3-11H,1-2H3/b20-11-. The number of imide groups is 1. The van der Waals surface area contributed by atoms with E-state index >= 15 is 0 Å². The van der Waals surface area contributed by atoms with Gasteiger partial charge in [-0.3, -0.25) is 19.7 Å². The molecule has 1 saturated heterocycles. The van der Waals surface area contributed by atoms with E-state index in [1.165, 1.54) is 12.1 Å². The highest BCUT2D eigenvalue weighted by Gasteiger charge is 2.36. The first kappa shape index (κ1) is 20.9. The number of carbonyl (C=O) groups is 2. The molecule has 1 aromatic heterocycles. The Labute approximate surface area is 186 Å². The number of thioether (sulfide) groups is 1. The summed E-state index contributed by atoms with van der Waals surface area (Å²) in [5.74, 6) is 0.323. The van der Waals surface area contributed by atoms with Gasteiger partial charge in [0.2, 0.25) is 0 Å². The number of nitro benzene ring substituents is 1. The molecule has 0 spiro atoms. The van der Waals surface area contributed by atoms with Gasteiger partial charge in [0.1, 0.15) is 11.5 Å².